The van der Waals surface area contributed by atoms with E-state index in [2.05, 4.69) is 12.2 Å². The Morgan fingerprint density at radius 3 is 2.45 bits per heavy atom. The minimum atomic E-state index is -1.06. The van der Waals surface area contributed by atoms with Crippen LogP contribution in [0.1, 0.15) is 58.3 Å². The van der Waals surface area contributed by atoms with Crippen LogP contribution in [0.25, 0.3) is 0 Å². The maximum Gasteiger partial charge on any atom is 0.329 e. The van der Waals surface area contributed by atoms with E-state index in [1.165, 1.54) is 6.42 Å². The zero-order valence-electron chi connectivity index (χ0n) is 12.2. The van der Waals surface area contributed by atoms with Gasteiger partial charge in [0.2, 0.25) is 5.91 Å². The molecule has 2 aliphatic carbocycles. The number of ether oxygens (including phenoxy) is 1. The topological polar surface area (TPSA) is 75.6 Å². The molecule has 0 heterocycles. The molecule has 0 aliphatic heterocycles. The van der Waals surface area contributed by atoms with E-state index in [0.29, 0.717) is 18.8 Å². The largest absolute Gasteiger partial charge is 0.480 e. The van der Waals surface area contributed by atoms with Gasteiger partial charge in [0.25, 0.3) is 0 Å². The standard InChI is InChI=1S/C15H25NO4/c1-11-6-2-3-7-12(11)20-10-13(17)16-15(14(18)19)8-4-5-9-15/h11-12H,2-10H2,1H3,(H,16,17)(H,18,19). The molecule has 0 saturated heterocycles. The van der Waals surface area contributed by atoms with Crippen LogP contribution in [0, 0.1) is 5.92 Å². The van der Waals surface area contributed by atoms with Crippen LogP contribution in [0.4, 0.5) is 0 Å². The average molecular weight is 283 g/mol. The monoisotopic (exact) mass is 283 g/mol. The van der Waals surface area contributed by atoms with E-state index < -0.39 is 11.5 Å². The SMILES string of the molecule is CC1CCCCC1OCC(=O)NC1(C(=O)O)CCCC1. The van der Waals surface area contributed by atoms with Gasteiger partial charge in [-0.05, 0) is 31.6 Å². The third-order valence-corrected chi connectivity index (χ3v) is 4.71. The second-order valence-corrected chi connectivity index (χ2v) is 6.25. The van der Waals surface area contributed by atoms with Gasteiger partial charge in [-0.15, -0.1) is 0 Å². The zero-order valence-corrected chi connectivity index (χ0v) is 12.2. The van der Waals surface area contributed by atoms with E-state index in [1.807, 2.05) is 0 Å². The highest BCUT2D eigenvalue weighted by Crippen LogP contribution is 2.30. The van der Waals surface area contributed by atoms with E-state index in [1.54, 1.807) is 0 Å². The molecule has 0 aromatic carbocycles. The molecule has 2 rings (SSSR count). The normalized spacial score (nSPS) is 29.1. The van der Waals surface area contributed by atoms with E-state index in [9.17, 15) is 14.7 Å². The third kappa shape index (κ3) is 3.51. The van der Waals surface area contributed by atoms with Crippen molar-refractivity contribution in [2.24, 2.45) is 5.92 Å². The van der Waals surface area contributed by atoms with Crippen LogP contribution in [0.15, 0.2) is 0 Å². The highest BCUT2D eigenvalue weighted by molar-refractivity contribution is 5.87. The first-order valence-electron chi connectivity index (χ1n) is 7.69. The molecule has 20 heavy (non-hydrogen) atoms. The van der Waals surface area contributed by atoms with Crippen molar-refractivity contribution in [1.29, 1.82) is 0 Å². The first-order valence-corrected chi connectivity index (χ1v) is 7.69. The Kier molecular flexibility index (Phi) is 5.02. The van der Waals surface area contributed by atoms with Gasteiger partial charge in [0.1, 0.15) is 12.1 Å². The molecule has 0 spiro atoms. The van der Waals surface area contributed by atoms with Crippen molar-refractivity contribution in [1.82, 2.24) is 5.32 Å². The number of nitrogens with one attached hydrogen (secondary N) is 1. The van der Waals surface area contributed by atoms with Crippen molar-refractivity contribution < 1.29 is 19.4 Å². The fraction of sp³-hybridized carbons (Fsp3) is 0.867. The fourth-order valence-corrected chi connectivity index (χ4v) is 3.39. The van der Waals surface area contributed by atoms with Crippen molar-refractivity contribution in [2.45, 2.75) is 69.9 Å². The molecule has 2 saturated carbocycles. The van der Waals surface area contributed by atoms with Gasteiger partial charge < -0.3 is 15.2 Å². The molecule has 2 atom stereocenters. The van der Waals surface area contributed by atoms with Crippen molar-refractivity contribution in [2.75, 3.05) is 6.61 Å². The van der Waals surface area contributed by atoms with Crippen molar-refractivity contribution >= 4 is 11.9 Å². The highest BCUT2D eigenvalue weighted by atomic mass is 16.5. The van der Waals surface area contributed by atoms with Gasteiger partial charge in [-0.3, -0.25) is 4.79 Å². The number of rotatable bonds is 5. The number of carbonyl (C=O) groups is 2. The molecule has 2 fully saturated rings. The summed E-state index contributed by atoms with van der Waals surface area (Å²) in [5.74, 6) is -0.738. The van der Waals surface area contributed by atoms with Gasteiger partial charge >= 0.3 is 5.97 Å². The Labute approximate surface area is 120 Å². The molecule has 2 unspecified atom stereocenters. The number of aliphatic carboxylic acids is 1. The molecular weight excluding hydrogens is 258 g/mol. The average Bonchev–Trinajstić information content (AvgIpc) is 2.88. The number of hydrogen-bond donors (Lipinski definition) is 2. The summed E-state index contributed by atoms with van der Waals surface area (Å²) in [5, 5.41) is 12.0. The maximum absolute atomic E-state index is 12.0. The third-order valence-electron chi connectivity index (χ3n) is 4.71. The summed E-state index contributed by atoms with van der Waals surface area (Å²) >= 11 is 0. The number of carbonyl (C=O) groups excluding carboxylic acids is 1. The van der Waals surface area contributed by atoms with Crippen molar-refractivity contribution in [3.63, 3.8) is 0 Å². The molecule has 0 bridgehead atoms. The van der Waals surface area contributed by atoms with Gasteiger partial charge in [-0.25, -0.2) is 4.79 Å². The van der Waals surface area contributed by atoms with Crippen LogP contribution in [-0.4, -0.2) is 35.2 Å². The summed E-state index contributed by atoms with van der Waals surface area (Å²) in [4.78, 5) is 23.3. The molecule has 1 amide bonds. The summed E-state index contributed by atoms with van der Waals surface area (Å²) in [6.07, 6.45) is 7.41. The smallest absolute Gasteiger partial charge is 0.329 e. The second kappa shape index (κ2) is 6.57. The Morgan fingerprint density at radius 1 is 1.20 bits per heavy atom. The minimum absolute atomic E-state index is 0.0238. The Balaban J connectivity index is 1.81. The zero-order chi connectivity index (χ0) is 14.6. The van der Waals surface area contributed by atoms with Gasteiger partial charge in [0.15, 0.2) is 0 Å². The first-order chi connectivity index (χ1) is 9.53. The van der Waals surface area contributed by atoms with Crippen molar-refractivity contribution in [3.05, 3.63) is 0 Å². The highest BCUT2D eigenvalue weighted by Gasteiger charge is 2.42. The number of carboxylic acids is 1. The number of carboxylic acid groups (broad SMARTS) is 1. The second-order valence-electron chi connectivity index (χ2n) is 6.25. The molecule has 0 radical (unpaired) electrons. The van der Waals surface area contributed by atoms with E-state index >= 15 is 0 Å². The van der Waals surface area contributed by atoms with E-state index in [0.717, 1.165) is 32.1 Å². The van der Waals surface area contributed by atoms with Crippen LogP contribution in [0.5, 0.6) is 0 Å². The molecule has 2 aliphatic rings. The summed E-state index contributed by atoms with van der Waals surface area (Å²) in [6.45, 7) is 2.13. The summed E-state index contributed by atoms with van der Waals surface area (Å²) in [7, 11) is 0. The van der Waals surface area contributed by atoms with Crippen LogP contribution in [0.3, 0.4) is 0 Å². The Hall–Kier alpha value is -1.10. The summed E-state index contributed by atoms with van der Waals surface area (Å²) in [6, 6.07) is 0. The summed E-state index contributed by atoms with van der Waals surface area (Å²) < 4.78 is 5.69. The van der Waals surface area contributed by atoms with Crippen LogP contribution >= 0.6 is 0 Å². The maximum atomic E-state index is 12.0. The molecule has 114 valence electrons. The molecule has 0 aromatic rings. The lowest BCUT2D eigenvalue weighted by molar-refractivity contribution is -0.148. The van der Waals surface area contributed by atoms with Crippen LogP contribution < -0.4 is 5.32 Å². The van der Waals surface area contributed by atoms with Gasteiger partial charge in [-0.1, -0.05) is 32.6 Å². The predicted octanol–water partition coefficient (Wildman–Crippen LogP) is 2.10. The number of hydrogen-bond acceptors (Lipinski definition) is 3. The Bertz CT molecular complexity index is 363. The molecule has 2 N–H and O–H groups in total. The lowest BCUT2D eigenvalue weighted by Crippen LogP contribution is -2.53. The quantitative estimate of drug-likeness (QED) is 0.810. The molecule has 0 aromatic heterocycles. The van der Waals surface area contributed by atoms with Gasteiger partial charge in [-0.2, -0.15) is 0 Å². The van der Waals surface area contributed by atoms with Gasteiger partial charge in [0.05, 0.1) is 6.10 Å². The molecular formula is C15H25NO4. The predicted molar refractivity (Wildman–Crippen MR) is 74.3 cm³/mol. The van der Waals surface area contributed by atoms with E-state index in [-0.39, 0.29) is 18.6 Å². The van der Waals surface area contributed by atoms with Gasteiger partial charge in [0, 0.05) is 0 Å². The lowest BCUT2D eigenvalue weighted by Gasteiger charge is -2.30. The first kappa shape index (κ1) is 15.3. The minimum Gasteiger partial charge on any atom is -0.480 e. The molecule has 5 nitrogen and oxygen atoms in total. The lowest BCUT2D eigenvalue weighted by atomic mass is 9.88. The summed E-state index contributed by atoms with van der Waals surface area (Å²) in [5.41, 5.74) is -1.06. The fourth-order valence-electron chi connectivity index (χ4n) is 3.39. The Morgan fingerprint density at radius 2 is 1.85 bits per heavy atom. The van der Waals surface area contributed by atoms with Crippen molar-refractivity contribution in [3.8, 4) is 0 Å². The van der Waals surface area contributed by atoms with Crippen LogP contribution in [-0.2, 0) is 14.3 Å². The number of amides is 1. The molecule has 5 heteroatoms. The van der Waals surface area contributed by atoms with E-state index in [4.69, 9.17) is 4.74 Å². The van der Waals surface area contributed by atoms with Crippen LogP contribution in [0.2, 0.25) is 0 Å².